The molecule has 3 nitrogen and oxygen atoms in total. The van der Waals surface area contributed by atoms with Crippen molar-refractivity contribution < 1.29 is 9.53 Å². The van der Waals surface area contributed by atoms with Crippen molar-refractivity contribution >= 4 is 5.91 Å². The lowest BCUT2D eigenvalue weighted by molar-refractivity contribution is -0.125. The molecule has 2 rings (SSSR count). The zero-order valence-electron chi connectivity index (χ0n) is 10.1. The molecule has 0 N–H and O–H groups in total. The summed E-state index contributed by atoms with van der Waals surface area (Å²) >= 11 is 0. The Hall–Kier alpha value is -1.61. The fraction of sp³-hybridized carbons (Fsp3) is 0.357. The van der Waals surface area contributed by atoms with Crippen LogP contribution in [0.4, 0.5) is 0 Å². The lowest BCUT2D eigenvalue weighted by atomic mass is 10.2. The zero-order chi connectivity index (χ0) is 12.1. The minimum Gasteiger partial charge on any atom is -0.373 e. The first kappa shape index (κ1) is 11.9. The quantitative estimate of drug-likeness (QED) is 0.744. The van der Waals surface area contributed by atoms with Crippen molar-refractivity contribution in [2.75, 3.05) is 13.7 Å². The second-order valence-electron chi connectivity index (χ2n) is 4.15. The van der Waals surface area contributed by atoms with Gasteiger partial charge < -0.3 is 9.64 Å². The summed E-state index contributed by atoms with van der Waals surface area (Å²) in [4.78, 5) is 13.0. The molecule has 1 amide bonds. The Labute approximate surface area is 102 Å². The molecule has 1 aromatic carbocycles. The number of hydrogen-bond donors (Lipinski definition) is 0. The molecule has 0 aliphatic carbocycles. The number of likely N-dealkylation sites (tertiary alicyclic amines) is 1. The number of hydrogen-bond acceptors (Lipinski definition) is 2. The van der Waals surface area contributed by atoms with E-state index in [9.17, 15) is 4.79 Å². The average molecular weight is 231 g/mol. The summed E-state index contributed by atoms with van der Waals surface area (Å²) in [6.07, 6.45) is 3.46. The maximum Gasteiger partial charge on any atom is 0.226 e. The van der Waals surface area contributed by atoms with Crippen LogP contribution in [0.1, 0.15) is 18.4 Å². The summed E-state index contributed by atoms with van der Waals surface area (Å²) in [5, 5.41) is 0. The first-order valence-electron chi connectivity index (χ1n) is 5.84. The fourth-order valence-corrected chi connectivity index (χ4v) is 1.88. The third-order valence-corrected chi connectivity index (χ3v) is 2.95. The number of carbonyl (C=O) groups is 1. The molecule has 17 heavy (non-hydrogen) atoms. The highest BCUT2D eigenvalue weighted by Crippen LogP contribution is 2.19. The first-order chi connectivity index (χ1) is 8.27. The van der Waals surface area contributed by atoms with Gasteiger partial charge in [-0.15, -0.1) is 0 Å². The van der Waals surface area contributed by atoms with Gasteiger partial charge in [-0.05, 0) is 18.1 Å². The van der Waals surface area contributed by atoms with Gasteiger partial charge in [-0.25, -0.2) is 0 Å². The van der Waals surface area contributed by atoms with Gasteiger partial charge in [0.1, 0.15) is 0 Å². The van der Waals surface area contributed by atoms with Crippen molar-refractivity contribution in [1.29, 1.82) is 0 Å². The Bertz CT molecular complexity index is 411. The van der Waals surface area contributed by atoms with Crippen LogP contribution in [0.15, 0.2) is 42.1 Å². The van der Waals surface area contributed by atoms with Crippen molar-refractivity contribution in [3.8, 4) is 0 Å². The maximum atomic E-state index is 11.3. The molecule has 3 heteroatoms. The largest absolute Gasteiger partial charge is 0.373 e. The maximum absolute atomic E-state index is 11.3. The Morgan fingerprint density at radius 3 is 2.71 bits per heavy atom. The Morgan fingerprint density at radius 1 is 1.29 bits per heavy atom. The zero-order valence-corrected chi connectivity index (χ0v) is 10.1. The summed E-state index contributed by atoms with van der Waals surface area (Å²) < 4.78 is 5.55. The predicted molar refractivity (Wildman–Crippen MR) is 66.2 cm³/mol. The molecule has 0 radical (unpaired) electrons. The first-order valence-corrected chi connectivity index (χ1v) is 5.84. The number of amides is 1. The molecule has 0 atom stereocenters. The van der Waals surface area contributed by atoms with Gasteiger partial charge in [0.25, 0.3) is 0 Å². The molecule has 1 heterocycles. The van der Waals surface area contributed by atoms with E-state index in [1.165, 1.54) is 5.56 Å². The van der Waals surface area contributed by atoms with Gasteiger partial charge in [-0.1, -0.05) is 30.3 Å². The van der Waals surface area contributed by atoms with Crippen molar-refractivity contribution in [3.05, 3.63) is 47.7 Å². The van der Waals surface area contributed by atoms with Crippen molar-refractivity contribution in [1.82, 2.24) is 4.90 Å². The highest BCUT2D eigenvalue weighted by Gasteiger charge is 2.20. The molecule has 0 unspecified atom stereocenters. The summed E-state index contributed by atoms with van der Waals surface area (Å²) in [6, 6.07) is 10.1. The van der Waals surface area contributed by atoms with Gasteiger partial charge in [0.2, 0.25) is 5.91 Å². The SMILES string of the molecule is CN1C(=O)CC/C1=C\COCc1ccccc1. The number of benzene rings is 1. The number of nitrogens with zero attached hydrogens (tertiary/aromatic N) is 1. The van der Waals surface area contributed by atoms with Gasteiger partial charge in [0.15, 0.2) is 0 Å². The Kier molecular flexibility index (Phi) is 3.94. The van der Waals surface area contributed by atoms with Crippen molar-refractivity contribution in [3.63, 3.8) is 0 Å². The minimum atomic E-state index is 0.194. The van der Waals surface area contributed by atoms with Gasteiger partial charge in [-0.3, -0.25) is 4.79 Å². The van der Waals surface area contributed by atoms with E-state index in [0.29, 0.717) is 19.6 Å². The summed E-state index contributed by atoms with van der Waals surface area (Å²) in [5.74, 6) is 0.194. The smallest absolute Gasteiger partial charge is 0.226 e. The molecule has 1 fully saturated rings. The second kappa shape index (κ2) is 5.64. The van der Waals surface area contributed by atoms with E-state index in [-0.39, 0.29) is 5.91 Å². The molecule has 0 spiro atoms. The normalized spacial score (nSPS) is 18.1. The number of rotatable bonds is 4. The molecule has 1 aliphatic rings. The molecule has 1 aliphatic heterocycles. The second-order valence-corrected chi connectivity index (χ2v) is 4.15. The number of ether oxygens (including phenoxy) is 1. The molecular weight excluding hydrogens is 214 g/mol. The van der Waals surface area contributed by atoms with E-state index >= 15 is 0 Å². The molecule has 1 saturated heterocycles. The monoisotopic (exact) mass is 231 g/mol. The van der Waals surface area contributed by atoms with Crippen molar-refractivity contribution in [2.24, 2.45) is 0 Å². The third-order valence-electron chi connectivity index (χ3n) is 2.95. The van der Waals surface area contributed by atoms with Crippen LogP contribution in [0.5, 0.6) is 0 Å². The highest BCUT2D eigenvalue weighted by molar-refractivity contribution is 5.80. The standard InChI is InChI=1S/C14H17NO2/c1-15-13(7-8-14(15)16)9-10-17-11-12-5-3-2-4-6-12/h2-6,9H,7-8,10-11H2,1H3/b13-9+. The molecule has 1 aromatic rings. The topological polar surface area (TPSA) is 29.5 Å². The number of allylic oxidation sites excluding steroid dienone is 1. The van der Waals surface area contributed by atoms with Gasteiger partial charge >= 0.3 is 0 Å². The van der Waals surface area contributed by atoms with E-state index in [1.54, 1.807) is 4.90 Å². The molecule has 0 aromatic heterocycles. The third kappa shape index (κ3) is 3.17. The molecule has 0 bridgehead atoms. The predicted octanol–water partition coefficient (Wildman–Crippen LogP) is 2.34. The lowest BCUT2D eigenvalue weighted by Crippen LogP contribution is -2.17. The van der Waals surface area contributed by atoms with E-state index in [0.717, 1.165) is 12.1 Å². The van der Waals surface area contributed by atoms with Crippen LogP contribution >= 0.6 is 0 Å². The van der Waals surface area contributed by atoms with Crippen LogP contribution in [-0.2, 0) is 16.1 Å². The molecule has 0 saturated carbocycles. The average Bonchev–Trinajstić information content (AvgIpc) is 2.67. The Balaban J connectivity index is 1.77. The minimum absolute atomic E-state index is 0.194. The Morgan fingerprint density at radius 2 is 2.06 bits per heavy atom. The van der Waals surface area contributed by atoms with Crippen LogP contribution in [-0.4, -0.2) is 24.5 Å². The van der Waals surface area contributed by atoms with Crippen LogP contribution < -0.4 is 0 Å². The highest BCUT2D eigenvalue weighted by atomic mass is 16.5. The van der Waals surface area contributed by atoms with Gasteiger partial charge in [0, 0.05) is 19.2 Å². The summed E-state index contributed by atoms with van der Waals surface area (Å²) in [5.41, 5.74) is 2.24. The van der Waals surface area contributed by atoms with Gasteiger partial charge in [0.05, 0.1) is 13.2 Å². The van der Waals surface area contributed by atoms with E-state index in [1.807, 2.05) is 43.5 Å². The number of carbonyl (C=O) groups excluding carboxylic acids is 1. The lowest BCUT2D eigenvalue weighted by Gasteiger charge is -2.10. The van der Waals surface area contributed by atoms with Crippen LogP contribution in [0.25, 0.3) is 0 Å². The van der Waals surface area contributed by atoms with E-state index < -0.39 is 0 Å². The summed E-state index contributed by atoms with van der Waals surface area (Å²) in [6.45, 7) is 1.17. The van der Waals surface area contributed by atoms with E-state index in [2.05, 4.69) is 0 Å². The molecule has 90 valence electrons. The van der Waals surface area contributed by atoms with E-state index in [4.69, 9.17) is 4.74 Å². The van der Waals surface area contributed by atoms with Crippen molar-refractivity contribution in [2.45, 2.75) is 19.4 Å². The van der Waals surface area contributed by atoms with Crippen LogP contribution in [0.2, 0.25) is 0 Å². The fourth-order valence-electron chi connectivity index (χ4n) is 1.88. The van der Waals surface area contributed by atoms with Crippen LogP contribution in [0, 0.1) is 0 Å². The summed E-state index contributed by atoms with van der Waals surface area (Å²) in [7, 11) is 1.82. The van der Waals surface area contributed by atoms with Crippen LogP contribution in [0.3, 0.4) is 0 Å². The van der Waals surface area contributed by atoms with Gasteiger partial charge in [-0.2, -0.15) is 0 Å². The molecular formula is C14H17NO2.